The molecule has 3 aromatic rings. The van der Waals surface area contributed by atoms with Gasteiger partial charge in [0, 0.05) is 61.8 Å². The van der Waals surface area contributed by atoms with E-state index in [4.69, 9.17) is 17.3 Å². The number of carbonyl (C=O) groups is 5. The van der Waals surface area contributed by atoms with Crippen LogP contribution in [0.5, 0.6) is 0 Å². The van der Waals surface area contributed by atoms with Crippen LogP contribution in [0, 0.1) is 5.92 Å². The fourth-order valence-electron chi connectivity index (χ4n) is 7.59. The number of nitrogens with one attached hydrogen (secondary N) is 1. The van der Waals surface area contributed by atoms with Crippen LogP contribution in [-0.4, -0.2) is 78.2 Å². The van der Waals surface area contributed by atoms with Gasteiger partial charge in [0.2, 0.25) is 11.8 Å². The second-order valence-electron chi connectivity index (χ2n) is 13.2. The fourth-order valence-corrected chi connectivity index (χ4v) is 8.01. The number of nitrogens with zero attached hydrogens (tertiary/aromatic N) is 4. The first-order valence-electron chi connectivity index (χ1n) is 17.0. The third kappa shape index (κ3) is 6.01. The Morgan fingerprint density at radius 1 is 0.837 bits per heavy atom. The summed E-state index contributed by atoms with van der Waals surface area (Å²) in [5.74, 6) is -1.71. The summed E-state index contributed by atoms with van der Waals surface area (Å²) in [7, 11) is 0. The third-order valence-electron chi connectivity index (χ3n) is 10.3. The van der Waals surface area contributed by atoms with Gasteiger partial charge in [-0.1, -0.05) is 36.7 Å². The first-order valence-corrected chi connectivity index (χ1v) is 17.4. The lowest BCUT2D eigenvalue weighted by Gasteiger charge is -2.40. The predicted molar refractivity (Wildman–Crippen MR) is 188 cm³/mol. The number of anilines is 3. The lowest BCUT2D eigenvalue weighted by Crippen LogP contribution is -2.54. The van der Waals surface area contributed by atoms with Gasteiger partial charge in [0.1, 0.15) is 6.04 Å². The van der Waals surface area contributed by atoms with E-state index in [0.717, 1.165) is 71.7 Å². The molecule has 3 saturated heterocycles. The SMILES string of the molecule is CCc1c(N)ccc(-c2cccc(N3CCCN(CC4CCN(c5ccc6c(c5)C(=O)N(C5CCC(=O)NC5=O)C6=O)CC4)C3=O)c2)c1Cl. The Kier molecular flexibility index (Phi) is 8.79. The minimum atomic E-state index is -0.988. The Bertz CT molecular complexity index is 1870. The highest BCUT2D eigenvalue weighted by Crippen LogP contribution is 2.37. The predicted octanol–water partition coefficient (Wildman–Crippen LogP) is 5.10. The number of nitrogens with two attached hydrogens (primary N) is 1. The molecule has 4 aliphatic heterocycles. The molecule has 6 amide bonds. The molecule has 49 heavy (non-hydrogen) atoms. The quantitative estimate of drug-likeness (QED) is 0.261. The van der Waals surface area contributed by atoms with Crippen LogP contribution >= 0.6 is 11.6 Å². The van der Waals surface area contributed by atoms with Crippen molar-refractivity contribution in [2.24, 2.45) is 5.92 Å². The van der Waals surface area contributed by atoms with E-state index >= 15 is 0 Å². The van der Waals surface area contributed by atoms with Gasteiger partial charge in [0.05, 0.1) is 16.1 Å². The average molecular weight is 683 g/mol. The minimum absolute atomic E-state index is 0.00542. The summed E-state index contributed by atoms with van der Waals surface area (Å²) in [6.07, 6.45) is 3.56. The molecule has 0 saturated carbocycles. The van der Waals surface area contributed by atoms with Crippen LogP contribution in [0.2, 0.25) is 5.02 Å². The molecule has 254 valence electrons. The molecule has 1 atom stereocenters. The van der Waals surface area contributed by atoms with Crippen molar-refractivity contribution in [2.45, 2.75) is 51.5 Å². The number of amides is 6. The lowest BCUT2D eigenvalue weighted by atomic mass is 9.95. The summed E-state index contributed by atoms with van der Waals surface area (Å²) in [6.45, 7) is 5.55. The summed E-state index contributed by atoms with van der Waals surface area (Å²) in [6, 6.07) is 16.0. The number of benzene rings is 3. The second-order valence-corrected chi connectivity index (χ2v) is 13.6. The number of urea groups is 1. The highest BCUT2D eigenvalue weighted by atomic mass is 35.5. The summed E-state index contributed by atoms with van der Waals surface area (Å²) >= 11 is 6.75. The molecule has 0 aromatic heterocycles. The Morgan fingerprint density at radius 3 is 2.35 bits per heavy atom. The molecule has 0 radical (unpaired) electrons. The molecule has 1 unspecified atom stereocenters. The molecule has 0 spiro atoms. The molecule has 3 N–H and O–H groups in total. The maximum Gasteiger partial charge on any atom is 0.324 e. The number of rotatable bonds is 7. The number of piperidine rings is 2. The average Bonchev–Trinajstić information content (AvgIpc) is 3.34. The summed E-state index contributed by atoms with van der Waals surface area (Å²) < 4.78 is 0. The minimum Gasteiger partial charge on any atom is -0.398 e. The first-order chi connectivity index (χ1) is 23.6. The van der Waals surface area contributed by atoms with Gasteiger partial charge >= 0.3 is 6.03 Å². The van der Waals surface area contributed by atoms with Crippen LogP contribution in [0.3, 0.4) is 0 Å². The van der Waals surface area contributed by atoms with Crippen LogP contribution in [0.1, 0.15) is 65.3 Å². The highest BCUT2D eigenvalue weighted by Gasteiger charge is 2.45. The summed E-state index contributed by atoms with van der Waals surface area (Å²) in [4.78, 5) is 71.2. The van der Waals surface area contributed by atoms with Crippen molar-refractivity contribution in [3.8, 4) is 11.1 Å². The van der Waals surface area contributed by atoms with Crippen molar-refractivity contribution in [3.63, 3.8) is 0 Å². The zero-order chi connectivity index (χ0) is 34.4. The Labute approximate surface area is 289 Å². The van der Waals surface area contributed by atoms with Gasteiger partial charge in [-0.25, -0.2) is 4.79 Å². The number of halogens is 1. The number of hydrogen-bond acceptors (Lipinski definition) is 7. The Morgan fingerprint density at radius 2 is 1.59 bits per heavy atom. The van der Waals surface area contributed by atoms with E-state index in [2.05, 4.69) is 10.2 Å². The number of nitrogen functional groups attached to an aromatic ring is 1. The molecule has 0 bridgehead atoms. The largest absolute Gasteiger partial charge is 0.398 e. The fraction of sp³-hybridized carbons (Fsp3) is 0.378. The summed E-state index contributed by atoms with van der Waals surface area (Å²) in [5, 5.41) is 2.88. The topological polar surface area (TPSA) is 136 Å². The monoisotopic (exact) mass is 682 g/mol. The number of carbonyl (C=O) groups excluding carboxylic acids is 5. The first kappa shape index (κ1) is 32.6. The zero-order valence-electron chi connectivity index (χ0n) is 27.4. The molecule has 12 heteroatoms. The Hall–Kier alpha value is -4.90. The normalized spacial score (nSPS) is 20.3. The molecule has 3 fully saturated rings. The maximum atomic E-state index is 13.8. The van der Waals surface area contributed by atoms with Gasteiger partial charge in [-0.3, -0.25) is 34.3 Å². The Balaban J connectivity index is 0.985. The molecule has 3 aromatic carbocycles. The van der Waals surface area contributed by atoms with Crippen molar-refractivity contribution in [2.75, 3.05) is 48.3 Å². The zero-order valence-corrected chi connectivity index (χ0v) is 28.2. The maximum absolute atomic E-state index is 13.8. The van der Waals surface area contributed by atoms with E-state index in [1.165, 1.54) is 0 Å². The van der Waals surface area contributed by atoms with Gasteiger partial charge in [-0.05, 0) is 85.5 Å². The van der Waals surface area contributed by atoms with Gasteiger partial charge in [-0.15, -0.1) is 0 Å². The van der Waals surface area contributed by atoms with Crippen LogP contribution < -0.4 is 20.9 Å². The van der Waals surface area contributed by atoms with E-state index in [0.29, 0.717) is 36.3 Å². The molecule has 0 aliphatic carbocycles. The van der Waals surface area contributed by atoms with Gasteiger partial charge in [-0.2, -0.15) is 0 Å². The van der Waals surface area contributed by atoms with E-state index in [1.54, 1.807) is 12.1 Å². The van der Waals surface area contributed by atoms with Crippen molar-refractivity contribution in [1.29, 1.82) is 0 Å². The second kappa shape index (κ2) is 13.2. The number of hydrogen-bond donors (Lipinski definition) is 2. The van der Waals surface area contributed by atoms with Crippen molar-refractivity contribution < 1.29 is 24.0 Å². The van der Waals surface area contributed by atoms with Crippen molar-refractivity contribution in [3.05, 3.63) is 76.3 Å². The summed E-state index contributed by atoms with van der Waals surface area (Å²) in [5.41, 5.74) is 11.8. The van der Waals surface area contributed by atoms with Crippen molar-refractivity contribution in [1.82, 2.24) is 15.1 Å². The molecule has 11 nitrogen and oxygen atoms in total. The van der Waals surface area contributed by atoms with E-state index in [1.807, 2.05) is 59.2 Å². The number of fused-ring (bicyclic) bond motifs is 1. The van der Waals surface area contributed by atoms with Crippen LogP contribution in [-0.2, 0) is 16.0 Å². The molecule has 7 rings (SSSR count). The van der Waals surface area contributed by atoms with Gasteiger partial charge in [0.25, 0.3) is 11.8 Å². The smallest absolute Gasteiger partial charge is 0.324 e. The van der Waals surface area contributed by atoms with Crippen molar-refractivity contribution >= 4 is 58.3 Å². The lowest BCUT2D eigenvalue weighted by molar-refractivity contribution is -0.136. The van der Waals surface area contributed by atoms with Crippen LogP contribution in [0.25, 0.3) is 11.1 Å². The molecular formula is C37H39ClN6O5. The van der Waals surface area contributed by atoms with E-state index in [9.17, 15) is 24.0 Å². The third-order valence-corrected chi connectivity index (χ3v) is 10.7. The van der Waals surface area contributed by atoms with E-state index in [-0.39, 0.29) is 30.0 Å². The van der Waals surface area contributed by atoms with Gasteiger partial charge < -0.3 is 15.5 Å². The van der Waals surface area contributed by atoms with Crippen LogP contribution in [0.4, 0.5) is 21.9 Å². The van der Waals surface area contributed by atoms with Gasteiger partial charge in [0.15, 0.2) is 0 Å². The number of imide groups is 2. The molecule has 4 heterocycles. The molecular weight excluding hydrogens is 644 g/mol. The van der Waals surface area contributed by atoms with E-state index < -0.39 is 29.7 Å². The standard InChI is InChI=1S/C37H39ClN6O5/c1-2-26-30(39)10-9-27(33(26)38)23-5-3-6-25(19-23)43-16-4-15-42(37(43)49)21-22-13-17-41(18-14-22)24-7-8-28-29(20-24)36(48)44(35(28)47)31-11-12-32(45)40-34(31)46/h3,5-10,19-20,22,31H,2,4,11-18,21,39H2,1H3,(H,40,45,46). The van der Waals surface area contributed by atoms with Crippen LogP contribution in [0.15, 0.2) is 54.6 Å². The highest BCUT2D eigenvalue weighted by molar-refractivity contribution is 6.34. The molecule has 4 aliphatic rings.